The van der Waals surface area contributed by atoms with Gasteiger partial charge in [0.1, 0.15) is 26.2 Å². The molecule has 156 valence electrons. The Labute approximate surface area is 151 Å². The third-order valence-corrected chi connectivity index (χ3v) is 5.63. The van der Waals surface area contributed by atoms with Crippen LogP contribution < -0.4 is 9.41 Å². The highest BCUT2D eigenvalue weighted by Crippen LogP contribution is 2.27. The maximum Gasteiger partial charge on any atom is 0.762 e. The van der Waals surface area contributed by atoms with Gasteiger partial charge < -0.3 is 18.4 Å². The fraction of sp³-hybridized carbons (Fsp3) is 1.00. The normalized spacial score (nSPS) is 22.4. The van der Waals surface area contributed by atoms with Gasteiger partial charge in [0.2, 0.25) is 0 Å². The lowest BCUT2D eigenvalue weighted by Gasteiger charge is -2.52. The van der Waals surface area contributed by atoms with Gasteiger partial charge in [-0.25, -0.2) is 0 Å². The Morgan fingerprint density at radius 2 is 0.577 bits per heavy atom. The van der Waals surface area contributed by atoms with Crippen LogP contribution in [-0.4, -0.2) is 76.4 Å². The molecule has 2 spiro atoms. The molecule has 3 rings (SSSR count). The monoisotopic (exact) mass is 398 g/mol. The minimum Gasteiger partial charge on any atom is -1.00 e. The van der Waals surface area contributed by atoms with Gasteiger partial charge in [-0.1, -0.05) is 0 Å². The molecule has 0 saturated carbocycles. The first-order valence-corrected chi connectivity index (χ1v) is 8.84. The smallest absolute Gasteiger partial charge is 0.762 e. The third kappa shape index (κ3) is 10.6. The zero-order valence-electron chi connectivity index (χ0n) is 15.0. The van der Waals surface area contributed by atoms with Gasteiger partial charge in [-0.2, -0.15) is 0 Å². The van der Waals surface area contributed by atoms with Gasteiger partial charge in [0.25, 0.3) is 0 Å². The summed E-state index contributed by atoms with van der Waals surface area (Å²) in [5.41, 5.74) is 0. The quantitative estimate of drug-likeness (QED) is 0.246. The van der Waals surface area contributed by atoms with E-state index in [0.29, 0.717) is 0 Å². The molecule has 3 heterocycles. The second-order valence-corrected chi connectivity index (χ2v) is 7.09. The summed E-state index contributed by atoms with van der Waals surface area (Å²) in [4.78, 5) is 0. The molecule has 0 aromatic rings. The topological polar surface area (TPSA) is 0 Å². The molecule has 0 atom stereocenters. The van der Waals surface area contributed by atoms with E-state index in [1.165, 1.54) is 99.8 Å². The Morgan fingerprint density at radius 3 is 0.769 bits per heavy atom. The summed E-state index contributed by atoms with van der Waals surface area (Å²) < 4.78 is 61.0. The molecule has 3 aliphatic heterocycles. The van der Waals surface area contributed by atoms with Crippen LogP contribution >= 0.6 is 0 Å². The average molecular weight is 398 g/mol. The van der Waals surface area contributed by atoms with E-state index in [9.17, 15) is 25.9 Å². The predicted molar refractivity (Wildman–Crippen MR) is 85.3 cm³/mol. The van der Waals surface area contributed by atoms with Crippen LogP contribution in [0.4, 0.5) is 25.9 Å². The first-order chi connectivity index (χ1) is 11.3. The highest BCUT2D eigenvalue weighted by atomic mass is 19.4. The van der Waals surface area contributed by atoms with E-state index in [-0.39, 0.29) is 9.41 Å². The Balaban J connectivity index is 0. The van der Waals surface area contributed by atoms with Crippen LogP contribution in [0.5, 0.6) is 0 Å². The van der Waals surface area contributed by atoms with E-state index in [0.717, 1.165) is 0 Å². The number of hydrogen-bond acceptors (Lipinski definition) is 0. The maximum absolute atomic E-state index is 9.67. The minimum absolute atomic E-state index is 0. The van der Waals surface area contributed by atoms with Gasteiger partial charge in [0.15, 0.2) is 0 Å². The Bertz CT molecular complexity index is 291. The van der Waals surface area contributed by atoms with Crippen LogP contribution in [0.15, 0.2) is 0 Å². The number of hydrogen-bond donors (Lipinski definition) is 0. The van der Waals surface area contributed by atoms with Crippen molar-refractivity contribution in [2.75, 3.05) is 52.4 Å². The van der Waals surface area contributed by atoms with E-state index < -0.39 is 15.1 Å². The van der Waals surface area contributed by atoms with E-state index in [1.54, 1.807) is 0 Å². The van der Waals surface area contributed by atoms with Crippen molar-refractivity contribution in [3.05, 3.63) is 0 Å². The largest absolute Gasteiger partial charge is 1.00 e. The summed E-state index contributed by atoms with van der Waals surface area (Å²) in [5, 5.41) is 0. The second-order valence-electron chi connectivity index (χ2n) is 7.09. The first-order valence-electron chi connectivity index (χ1n) is 8.84. The second kappa shape index (κ2) is 13.6. The number of halogens is 8. The molecule has 0 aromatic heterocycles. The summed E-state index contributed by atoms with van der Waals surface area (Å²) in [6.45, 7) is 12.0. The van der Waals surface area contributed by atoms with Crippen LogP contribution in [0.2, 0.25) is 0 Å². The molecule has 0 amide bonds. The van der Waals surface area contributed by atoms with Gasteiger partial charge in [-0.05, 0) is 38.5 Å². The van der Waals surface area contributed by atoms with E-state index in [4.69, 9.17) is 0 Å². The van der Waals surface area contributed by atoms with Crippen molar-refractivity contribution >= 4 is 15.1 Å². The molecular formula is C14H28B2F8N2. The summed E-state index contributed by atoms with van der Waals surface area (Å²) in [5.74, 6) is 0. The van der Waals surface area contributed by atoms with Gasteiger partial charge in [0.05, 0.1) is 26.2 Å². The first kappa shape index (κ1) is 27.7. The van der Waals surface area contributed by atoms with Crippen LogP contribution in [0.1, 0.15) is 38.5 Å². The van der Waals surface area contributed by atoms with Gasteiger partial charge in [-0.3, -0.25) is 25.9 Å². The summed E-state index contributed by atoms with van der Waals surface area (Å²) >= 11 is 0. The van der Waals surface area contributed by atoms with Crippen molar-refractivity contribution in [3.63, 3.8) is 0 Å². The number of quaternary nitrogens is 2. The maximum atomic E-state index is 9.67. The van der Waals surface area contributed by atoms with Crippen molar-refractivity contribution in [1.82, 2.24) is 0 Å². The number of piperidine rings is 2. The standard InChI is InChI=1S/C14H28N2.2BF3.2FH/c1-3-7-15(8-4-1)11-13-16(14-12-15)9-5-2-6-10-16;2*2-1(3)4;;/h1-14H2;;;2*1H/q+2;;;;/p-2. The Kier molecular flexibility index (Phi) is 14.5. The lowest BCUT2D eigenvalue weighted by atomic mass is 10.0. The number of nitrogens with zero attached hydrogens (tertiary/aromatic N) is 2. The van der Waals surface area contributed by atoms with Crippen LogP contribution in [0.3, 0.4) is 0 Å². The van der Waals surface area contributed by atoms with Crippen LogP contribution in [0, 0.1) is 0 Å². The van der Waals surface area contributed by atoms with Crippen molar-refractivity contribution < 1.29 is 44.3 Å². The van der Waals surface area contributed by atoms with E-state index in [1.807, 2.05) is 0 Å². The molecule has 2 nitrogen and oxygen atoms in total. The number of rotatable bonds is 0. The molecule has 0 radical (unpaired) electrons. The van der Waals surface area contributed by atoms with E-state index in [2.05, 4.69) is 0 Å². The van der Waals surface area contributed by atoms with Crippen molar-refractivity contribution in [3.8, 4) is 0 Å². The average Bonchev–Trinajstić information content (AvgIpc) is 2.52. The van der Waals surface area contributed by atoms with Crippen LogP contribution in [0.25, 0.3) is 0 Å². The van der Waals surface area contributed by atoms with E-state index >= 15 is 0 Å². The molecular weight excluding hydrogens is 370 g/mol. The summed E-state index contributed by atoms with van der Waals surface area (Å²) in [6.07, 6.45) is 9.00. The molecule has 0 aliphatic carbocycles. The number of piperazine rings is 1. The SMILES string of the molecule is C1CC[N+]2(CC1)CC[N+]1(CCCCC1)CC2.FB(F)F.FB(F)F.[F-].[F-]. The fourth-order valence-corrected chi connectivity index (χ4v) is 4.33. The Morgan fingerprint density at radius 1 is 0.385 bits per heavy atom. The Hall–Kier alpha value is -0.510. The van der Waals surface area contributed by atoms with Crippen molar-refractivity contribution in [2.45, 2.75) is 38.5 Å². The van der Waals surface area contributed by atoms with Gasteiger partial charge >= 0.3 is 15.1 Å². The van der Waals surface area contributed by atoms with Crippen molar-refractivity contribution in [2.24, 2.45) is 0 Å². The molecule has 12 heteroatoms. The fourth-order valence-electron chi connectivity index (χ4n) is 4.33. The predicted octanol–water partition coefficient (Wildman–Crippen LogP) is -2.23. The van der Waals surface area contributed by atoms with Crippen LogP contribution in [-0.2, 0) is 0 Å². The zero-order valence-corrected chi connectivity index (χ0v) is 15.0. The van der Waals surface area contributed by atoms with Crippen molar-refractivity contribution in [1.29, 1.82) is 0 Å². The highest BCUT2D eigenvalue weighted by molar-refractivity contribution is 6.33. The zero-order chi connectivity index (χ0) is 18.1. The molecule has 0 aromatic carbocycles. The minimum atomic E-state index is -3.67. The molecule has 0 N–H and O–H groups in total. The molecule has 3 saturated heterocycles. The molecule has 0 unspecified atom stereocenters. The lowest BCUT2D eigenvalue weighted by molar-refractivity contribution is -1.03. The molecule has 3 aliphatic rings. The van der Waals surface area contributed by atoms with Gasteiger partial charge in [0, 0.05) is 0 Å². The molecule has 0 bridgehead atoms. The molecule has 3 fully saturated rings. The lowest BCUT2D eigenvalue weighted by Crippen LogP contribution is -3.00. The summed E-state index contributed by atoms with van der Waals surface area (Å²) in [6, 6.07) is 0. The van der Waals surface area contributed by atoms with Gasteiger partial charge in [-0.15, -0.1) is 0 Å². The third-order valence-electron chi connectivity index (χ3n) is 5.63. The molecule has 26 heavy (non-hydrogen) atoms. The highest BCUT2D eigenvalue weighted by Gasteiger charge is 2.42. The summed E-state index contributed by atoms with van der Waals surface area (Å²) in [7, 11) is -7.33.